The zero-order valence-corrected chi connectivity index (χ0v) is 20.0. The highest BCUT2D eigenvalue weighted by atomic mass is 16.5. The first kappa shape index (κ1) is 23.7. The molecule has 4 heterocycles. The van der Waals surface area contributed by atoms with E-state index in [1.54, 1.807) is 12.3 Å². The normalized spacial score (nSPS) is 14.6. The Morgan fingerprint density at radius 3 is 2.56 bits per heavy atom. The molecule has 0 aliphatic carbocycles. The summed E-state index contributed by atoms with van der Waals surface area (Å²) in [5, 5.41) is 6.89. The maximum absolute atomic E-state index is 12.6. The summed E-state index contributed by atoms with van der Waals surface area (Å²) in [5.74, 6) is 0.809. The minimum atomic E-state index is -0.216. The summed E-state index contributed by atoms with van der Waals surface area (Å²) in [6.45, 7) is 10.5. The number of carbonyl (C=O) groups excluding carboxylic acids is 1. The van der Waals surface area contributed by atoms with Crippen molar-refractivity contribution >= 4 is 22.8 Å². The number of rotatable bonds is 7. The molecule has 1 N–H and O–H groups in total. The van der Waals surface area contributed by atoms with Crippen molar-refractivity contribution in [1.29, 1.82) is 0 Å². The Hall–Kier alpha value is -3.40. The fourth-order valence-electron chi connectivity index (χ4n) is 3.92. The van der Waals surface area contributed by atoms with Crippen LogP contribution in [0.4, 0.5) is 5.95 Å². The maximum Gasteiger partial charge on any atom is 0.278 e. The molecule has 1 saturated heterocycles. The largest absolute Gasteiger partial charge is 0.374 e. The minimum Gasteiger partial charge on any atom is -0.374 e. The third kappa shape index (κ3) is 5.56. The van der Waals surface area contributed by atoms with Gasteiger partial charge in [0.15, 0.2) is 12.7 Å². The van der Waals surface area contributed by atoms with E-state index in [1.807, 2.05) is 34.1 Å². The zero-order valence-electron chi connectivity index (χ0n) is 20.0. The number of hydrogen-bond donors (Lipinski definition) is 1. The minimum absolute atomic E-state index is 0.0235. The van der Waals surface area contributed by atoms with Gasteiger partial charge in [-0.2, -0.15) is 9.67 Å². The number of aromatic amines is 1. The van der Waals surface area contributed by atoms with Gasteiger partial charge in [0.25, 0.3) is 5.56 Å². The van der Waals surface area contributed by atoms with Crippen molar-refractivity contribution in [2.45, 2.75) is 39.2 Å². The molecular weight excluding hydrogens is 434 g/mol. The summed E-state index contributed by atoms with van der Waals surface area (Å²) in [5.41, 5.74) is 1.66. The standard InChI is InChI=1S/C24H31N7O3/c1-24(2,3)18-15-25-23(26-16-18)31-10-8-30(9-11-31)21(32)6-13-34-14-12-29-7-4-5-19-20(29)17-27-28-22(19)33/h4-5,7,15-17H,6,8-14H2,1-3H3/p+1. The van der Waals surface area contributed by atoms with Gasteiger partial charge in [-0.1, -0.05) is 20.8 Å². The molecule has 10 heteroatoms. The number of pyridine rings is 1. The van der Waals surface area contributed by atoms with Crippen LogP contribution in [0.5, 0.6) is 0 Å². The van der Waals surface area contributed by atoms with Gasteiger partial charge >= 0.3 is 0 Å². The van der Waals surface area contributed by atoms with Gasteiger partial charge in [-0.3, -0.25) is 9.59 Å². The summed E-state index contributed by atoms with van der Waals surface area (Å²) in [6, 6.07) is 3.59. The number of nitrogens with one attached hydrogen (secondary N) is 1. The molecule has 1 fully saturated rings. The Kier molecular flexibility index (Phi) is 7.16. The summed E-state index contributed by atoms with van der Waals surface area (Å²) in [4.78, 5) is 37.5. The molecule has 1 aliphatic heterocycles. The van der Waals surface area contributed by atoms with Gasteiger partial charge in [-0.15, -0.1) is 0 Å². The van der Waals surface area contributed by atoms with Crippen molar-refractivity contribution in [3.05, 3.63) is 52.8 Å². The first-order valence-corrected chi connectivity index (χ1v) is 11.6. The van der Waals surface area contributed by atoms with Crippen LogP contribution >= 0.6 is 0 Å². The van der Waals surface area contributed by atoms with Gasteiger partial charge in [-0.25, -0.2) is 15.1 Å². The van der Waals surface area contributed by atoms with Crippen LogP contribution in [0.1, 0.15) is 32.8 Å². The molecule has 34 heavy (non-hydrogen) atoms. The quantitative estimate of drug-likeness (QED) is 0.410. The molecule has 0 saturated carbocycles. The van der Waals surface area contributed by atoms with E-state index in [1.165, 1.54) is 0 Å². The molecule has 3 aromatic heterocycles. The molecule has 1 amide bonds. The van der Waals surface area contributed by atoms with Crippen molar-refractivity contribution in [3.8, 4) is 0 Å². The van der Waals surface area contributed by atoms with Crippen LogP contribution in [0, 0.1) is 0 Å². The lowest BCUT2D eigenvalue weighted by Crippen LogP contribution is -2.49. The number of hydrogen-bond acceptors (Lipinski definition) is 7. The molecule has 10 nitrogen and oxygen atoms in total. The van der Waals surface area contributed by atoms with Gasteiger partial charge < -0.3 is 14.5 Å². The highest BCUT2D eigenvalue weighted by molar-refractivity contribution is 5.76. The van der Waals surface area contributed by atoms with Gasteiger partial charge in [0, 0.05) is 44.6 Å². The third-order valence-corrected chi connectivity index (χ3v) is 6.07. The number of piperazine rings is 1. The Labute approximate surface area is 198 Å². The Balaban J connectivity index is 1.19. The van der Waals surface area contributed by atoms with Crippen LogP contribution in [0.3, 0.4) is 0 Å². The maximum atomic E-state index is 12.6. The number of fused-ring (bicyclic) bond motifs is 1. The second-order valence-electron chi connectivity index (χ2n) is 9.45. The number of H-pyrrole nitrogens is 1. The van der Waals surface area contributed by atoms with Crippen molar-refractivity contribution < 1.29 is 14.1 Å². The summed E-state index contributed by atoms with van der Waals surface area (Å²) in [7, 11) is 0. The first-order valence-electron chi connectivity index (χ1n) is 11.6. The van der Waals surface area contributed by atoms with Crippen LogP contribution in [0.25, 0.3) is 10.9 Å². The number of nitrogens with zero attached hydrogens (tertiary/aromatic N) is 6. The van der Waals surface area contributed by atoms with Crippen molar-refractivity contribution in [2.24, 2.45) is 0 Å². The lowest BCUT2D eigenvalue weighted by Gasteiger charge is -2.35. The van der Waals surface area contributed by atoms with Gasteiger partial charge in [0.05, 0.1) is 13.0 Å². The molecule has 0 radical (unpaired) electrons. The highest BCUT2D eigenvalue weighted by Gasteiger charge is 2.23. The van der Waals surface area contributed by atoms with Crippen LogP contribution in [-0.2, 0) is 21.5 Å². The smallest absolute Gasteiger partial charge is 0.278 e. The first-order chi connectivity index (χ1) is 16.3. The van der Waals surface area contributed by atoms with E-state index >= 15 is 0 Å². The van der Waals surface area contributed by atoms with Crippen molar-refractivity contribution in [1.82, 2.24) is 25.1 Å². The summed E-state index contributed by atoms with van der Waals surface area (Å²) >= 11 is 0. The van der Waals surface area contributed by atoms with E-state index in [-0.39, 0.29) is 16.9 Å². The van der Waals surface area contributed by atoms with Crippen LogP contribution in [0.15, 0.2) is 41.7 Å². The topological polar surface area (TPSA) is 108 Å². The molecule has 0 spiro atoms. The molecule has 4 rings (SSSR count). The second kappa shape index (κ2) is 10.3. The third-order valence-electron chi connectivity index (χ3n) is 6.07. The van der Waals surface area contributed by atoms with Gasteiger partial charge in [0.1, 0.15) is 18.2 Å². The number of carbonyl (C=O) groups is 1. The Morgan fingerprint density at radius 2 is 1.85 bits per heavy atom. The van der Waals surface area contributed by atoms with E-state index in [4.69, 9.17) is 4.74 Å². The lowest BCUT2D eigenvalue weighted by molar-refractivity contribution is -0.673. The fraction of sp³-hybridized carbons (Fsp3) is 0.500. The Morgan fingerprint density at radius 1 is 1.12 bits per heavy atom. The van der Waals surface area contributed by atoms with Gasteiger partial charge in [0.2, 0.25) is 17.4 Å². The average Bonchev–Trinajstić information content (AvgIpc) is 2.84. The van der Waals surface area contributed by atoms with Crippen LogP contribution in [0.2, 0.25) is 0 Å². The molecule has 0 atom stereocenters. The predicted molar refractivity (Wildman–Crippen MR) is 128 cm³/mol. The molecule has 0 aromatic carbocycles. The monoisotopic (exact) mass is 466 g/mol. The zero-order chi connectivity index (χ0) is 24.1. The SMILES string of the molecule is CC(C)(C)c1cnc(N2CCN(C(=O)CCOCC[n+]3cccc4c(=O)[nH]ncc43)CC2)nc1. The number of amides is 1. The lowest BCUT2D eigenvalue weighted by atomic mass is 9.89. The predicted octanol–water partition coefficient (Wildman–Crippen LogP) is 1.05. The van der Waals surface area contributed by atoms with E-state index in [0.717, 1.165) is 11.1 Å². The number of anilines is 1. The summed E-state index contributed by atoms with van der Waals surface area (Å²) < 4.78 is 7.63. The van der Waals surface area contributed by atoms with Crippen LogP contribution < -0.4 is 15.0 Å². The van der Waals surface area contributed by atoms with Crippen molar-refractivity contribution in [3.63, 3.8) is 0 Å². The molecule has 180 valence electrons. The van der Waals surface area contributed by atoms with Gasteiger partial charge in [-0.05, 0) is 17.0 Å². The fourth-order valence-corrected chi connectivity index (χ4v) is 3.92. The van der Waals surface area contributed by atoms with Crippen LogP contribution in [-0.4, -0.2) is 70.4 Å². The second-order valence-corrected chi connectivity index (χ2v) is 9.45. The number of ether oxygens (including phenoxy) is 1. The molecule has 1 aliphatic rings. The van der Waals surface area contributed by atoms with E-state index < -0.39 is 0 Å². The van der Waals surface area contributed by atoms with E-state index in [0.29, 0.717) is 63.7 Å². The average molecular weight is 467 g/mol. The van der Waals surface area contributed by atoms with Crippen molar-refractivity contribution in [2.75, 3.05) is 44.3 Å². The molecular formula is C24H32N7O3+. The molecule has 3 aromatic rings. The van der Waals surface area contributed by atoms with E-state index in [2.05, 4.69) is 45.8 Å². The van der Waals surface area contributed by atoms with E-state index in [9.17, 15) is 9.59 Å². The Bertz CT molecular complexity index is 1180. The highest BCUT2D eigenvalue weighted by Crippen LogP contribution is 2.21. The summed E-state index contributed by atoms with van der Waals surface area (Å²) in [6.07, 6.45) is 7.64. The number of aromatic nitrogens is 5. The molecule has 0 unspecified atom stereocenters. The molecule has 0 bridgehead atoms.